The lowest BCUT2D eigenvalue weighted by molar-refractivity contribution is -0.148. The Hall–Kier alpha value is -1.50. The summed E-state index contributed by atoms with van der Waals surface area (Å²) in [5.74, 6) is 1.12. The molecule has 1 aliphatic heterocycles. The number of nitrogens with one attached hydrogen (secondary N) is 1. The molecule has 0 unspecified atom stereocenters. The summed E-state index contributed by atoms with van der Waals surface area (Å²) in [7, 11) is 3.14. The second-order valence-electron chi connectivity index (χ2n) is 6.46. The van der Waals surface area contributed by atoms with Gasteiger partial charge in [-0.2, -0.15) is 0 Å². The SMILES string of the molecule is COc1cc([C@H](C)N(C(=O)[C@H]2CNCCO2)C2CC2)cc(OC)c1Cl. The van der Waals surface area contributed by atoms with Crippen LogP contribution in [0.5, 0.6) is 11.5 Å². The molecule has 1 heterocycles. The van der Waals surface area contributed by atoms with Gasteiger partial charge in [0.05, 0.1) is 26.9 Å². The highest BCUT2D eigenvalue weighted by Gasteiger charge is 2.40. The molecule has 1 saturated heterocycles. The van der Waals surface area contributed by atoms with Gasteiger partial charge in [0, 0.05) is 19.1 Å². The van der Waals surface area contributed by atoms with Gasteiger partial charge in [-0.25, -0.2) is 0 Å². The van der Waals surface area contributed by atoms with E-state index in [0.29, 0.717) is 29.7 Å². The number of nitrogens with zero attached hydrogens (tertiary/aromatic N) is 1. The Balaban J connectivity index is 1.88. The smallest absolute Gasteiger partial charge is 0.253 e. The second kappa shape index (κ2) is 7.81. The zero-order chi connectivity index (χ0) is 18.0. The summed E-state index contributed by atoms with van der Waals surface area (Å²) < 4.78 is 16.4. The number of halogens is 1. The number of morpholine rings is 1. The van der Waals surface area contributed by atoms with Crippen molar-refractivity contribution < 1.29 is 19.0 Å². The number of benzene rings is 1. The third kappa shape index (κ3) is 3.86. The Bertz CT molecular complexity index is 604. The third-order valence-electron chi connectivity index (χ3n) is 4.77. The highest BCUT2D eigenvalue weighted by molar-refractivity contribution is 6.33. The summed E-state index contributed by atoms with van der Waals surface area (Å²) in [5.41, 5.74) is 0.933. The first-order chi connectivity index (χ1) is 12.1. The number of carbonyl (C=O) groups excluding carboxylic acids is 1. The van der Waals surface area contributed by atoms with Crippen molar-refractivity contribution >= 4 is 17.5 Å². The van der Waals surface area contributed by atoms with Crippen LogP contribution in [0.25, 0.3) is 0 Å². The molecule has 0 radical (unpaired) electrons. The van der Waals surface area contributed by atoms with Gasteiger partial charge in [0.2, 0.25) is 0 Å². The minimum Gasteiger partial charge on any atom is -0.495 e. The lowest BCUT2D eigenvalue weighted by atomic mass is 10.0. The van der Waals surface area contributed by atoms with Crippen LogP contribution in [0.1, 0.15) is 31.4 Å². The summed E-state index contributed by atoms with van der Waals surface area (Å²) in [6, 6.07) is 3.89. The lowest BCUT2D eigenvalue weighted by Gasteiger charge is -2.34. The fraction of sp³-hybridized carbons (Fsp3) is 0.611. The first-order valence-electron chi connectivity index (χ1n) is 8.62. The van der Waals surface area contributed by atoms with Gasteiger partial charge in [-0.1, -0.05) is 11.6 Å². The molecular weight excluding hydrogens is 344 g/mol. The molecule has 3 rings (SSSR count). The topological polar surface area (TPSA) is 60.0 Å². The molecule has 7 heteroatoms. The van der Waals surface area contributed by atoms with Crippen molar-refractivity contribution in [2.75, 3.05) is 33.9 Å². The van der Waals surface area contributed by atoms with Crippen LogP contribution in [-0.4, -0.2) is 56.9 Å². The fourth-order valence-corrected chi connectivity index (χ4v) is 3.48. The number of amides is 1. The number of hydrogen-bond acceptors (Lipinski definition) is 5. The van der Waals surface area contributed by atoms with E-state index in [1.54, 1.807) is 14.2 Å². The average Bonchev–Trinajstić information content (AvgIpc) is 3.47. The first-order valence-corrected chi connectivity index (χ1v) is 9.00. The van der Waals surface area contributed by atoms with Crippen LogP contribution in [0.3, 0.4) is 0 Å². The molecule has 138 valence electrons. The van der Waals surface area contributed by atoms with Gasteiger partial charge in [0.25, 0.3) is 5.91 Å². The Labute approximate surface area is 153 Å². The van der Waals surface area contributed by atoms with E-state index in [2.05, 4.69) is 5.32 Å². The van der Waals surface area contributed by atoms with Crippen LogP contribution < -0.4 is 14.8 Å². The molecule has 6 nitrogen and oxygen atoms in total. The molecule has 1 N–H and O–H groups in total. The Morgan fingerprint density at radius 2 is 1.96 bits per heavy atom. The van der Waals surface area contributed by atoms with Gasteiger partial charge >= 0.3 is 0 Å². The lowest BCUT2D eigenvalue weighted by Crippen LogP contribution is -2.50. The maximum atomic E-state index is 13.0. The molecule has 0 spiro atoms. The molecule has 0 bridgehead atoms. The van der Waals surface area contributed by atoms with Crippen LogP contribution in [0.4, 0.5) is 0 Å². The van der Waals surface area contributed by atoms with Crippen LogP contribution in [0.2, 0.25) is 5.02 Å². The van der Waals surface area contributed by atoms with E-state index >= 15 is 0 Å². The highest BCUT2D eigenvalue weighted by Crippen LogP contribution is 2.41. The monoisotopic (exact) mass is 368 g/mol. The quantitative estimate of drug-likeness (QED) is 0.835. The van der Waals surface area contributed by atoms with E-state index in [1.165, 1.54) is 0 Å². The molecule has 2 aliphatic rings. The summed E-state index contributed by atoms with van der Waals surface area (Å²) in [5, 5.41) is 3.66. The molecule has 2 fully saturated rings. The van der Waals surface area contributed by atoms with E-state index in [1.807, 2.05) is 24.0 Å². The third-order valence-corrected chi connectivity index (χ3v) is 5.14. The summed E-state index contributed by atoms with van der Waals surface area (Å²) >= 11 is 6.27. The predicted octanol–water partition coefficient (Wildman–Crippen LogP) is 2.40. The van der Waals surface area contributed by atoms with Gasteiger partial charge in [-0.05, 0) is 37.5 Å². The Morgan fingerprint density at radius 1 is 1.32 bits per heavy atom. The van der Waals surface area contributed by atoms with Crippen LogP contribution >= 0.6 is 11.6 Å². The number of ether oxygens (including phenoxy) is 3. The maximum Gasteiger partial charge on any atom is 0.253 e. The van der Waals surface area contributed by atoms with Crippen molar-refractivity contribution in [3.63, 3.8) is 0 Å². The van der Waals surface area contributed by atoms with Crippen molar-refractivity contribution in [2.24, 2.45) is 0 Å². The van der Waals surface area contributed by atoms with Gasteiger partial charge in [-0.3, -0.25) is 4.79 Å². The number of carbonyl (C=O) groups is 1. The van der Waals surface area contributed by atoms with Crippen LogP contribution in [0, 0.1) is 0 Å². The molecule has 0 aromatic heterocycles. The summed E-state index contributed by atoms with van der Waals surface area (Å²) in [4.78, 5) is 15.0. The minimum atomic E-state index is -0.423. The molecule has 2 atom stereocenters. The van der Waals surface area contributed by atoms with Crippen molar-refractivity contribution in [3.05, 3.63) is 22.7 Å². The Kier molecular flexibility index (Phi) is 5.71. The van der Waals surface area contributed by atoms with Crippen molar-refractivity contribution in [1.82, 2.24) is 10.2 Å². The van der Waals surface area contributed by atoms with E-state index < -0.39 is 6.10 Å². The number of methoxy groups -OCH3 is 2. The molecule has 1 saturated carbocycles. The van der Waals surface area contributed by atoms with Gasteiger partial charge in [0.15, 0.2) is 0 Å². The largest absolute Gasteiger partial charge is 0.495 e. The zero-order valence-electron chi connectivity index (χ0n) is 14.9. The van der Waals surface area contributed by atoms with E-state index in [9.17, 15) is 4.79 Å². The molecule has 1 aromatic rings. The normalized spacial score (nSPS) is 21.5. The fourth-order valence-electron chi connectivity index (χ4n) is 3.22. The van der Waals surface area contributed by atoms with E-state index in [0.717, 1.165) is 24.9 Å². The molecule has 25 heavy (non-hydrogen) atoms. The first kappa shape index (κ1) is 18.3. The van der Waals surface area contributed by atoms with Gasteiger partial charge < -0.3 is 24.4 Å². The predicted molar refractivity (Wildman–Crippen MR) is 95.4 cm³/mol. The molecule has 1 aromatic carbocycles. The molecular formula is C18H25ClN2O4. The van der Waals surface area contributed by atoms with Crippen LogP contribution in [0.15, 0.2) is 12.1 Å². The average molecular weight is 369 g/mol. The van der Waals surface area contributed by atoms with Crippen molar-refractivity contribution in [3.8, 4) is 11.5 Å². The second-order valence-corrected chi connectivity index (χ2v) is 6.83. The van der Waals surface area contributed by atoms with Crippen molar-refractivity contribution in [1.29, 1.82) is 0 Å². The summed E-state index contributed by atoms with van der Waals surface area (Å²) in [6.07, 6.45) is 1.63. The Morgan fingerprint density at radius 3 is 2.44 bits per heavy atom. The minimum absolute atomic E-state index is 0.0371. The van der Waals surface area contributed by atoms with Gasteiger partial charge in [0.1, 0.15) is 22.6 Å². The summed E-state index contributed by atoms with van der Waals surface area (Å²) in [6.45, 7) is 3.93. The standard InChI is InChI=1S/C18H25ClN2O4/c1-11(12-8-14(23-2)17(19)15(9-12)24-3)21(13-4-5-13)18(22)16-10-20-6-7-25-16/h8-9,11,13,16,20H,4-7,10H2,1-3H3/t11-,16+/m0/s1. The molecule has 1 aliphatic carbocycles. The molecule has 1 amide bonds. The van der Waals surface area contributed by atoms with Crippen molar-refractivity contribution in [2.45, 2.75) is 38.0 Å². The maximum absolute atomic E-state index is 13.0. The van der Waals surface area contributed by atoms with E-state index in [-0.39, 0.29) is 18.0 Å². The zero-order valence-corrected chi connectivity index (χ0v) is 15.6. The van der Waals surface area contributed by atoms with E-state index in [4.69, 9.17) is 25.8 Å². The van der Waals surface area contributed by atoms with Gasteiger partial charge in [-0.15, -0.1) is 0 Å². The number of hydrogen-bond donors (Lipinski definition) is 1. The number of rotatable bonds is 6. The highest BCUT2D eigenvalue weighted by atomic mass is 35.5. The van der Waals surface area contributed by atoms with Crippen LogP contribution in [-0.2, 0) is 9.53 Å².